The summed E-state index contributed by atoms with van der Waals surface area (Å²) >= 11 is 0. The van der Waals surface area contributed by atoms with Crippen LogP contribution in [0.25, 0.3) is 17.0 Å². The Morgan fingerprint density at radius 2 is 1.78 bits per heavy atom. The molecule has 1 aliphatic heterocycles. The van der Waals surface area contributed by atoms with E-state index in [1.807, 2.05) is 92.7 Å². The lowest BCUT2D eigenvalue weighted by Gasteiger charge is -2.35. The highest BCUT2D eigenvalue weighted by molar-refractivity contribution is 6.01. The van der Waals surface area contributed by atoms with Gasteiger partial charge >= 0.3 is 6.03 Å². The summed E-state index contributed by atoms with van der Waals surface area (Å²) in [6, 6.07) is 23.9. The summed E-state index contributed by atoms with van der Waals surface area (Å²) in [4.78, 5) is 19.6. The van der Waals surface area contributed by atoms with Gasteiger partial charge in [0.25, 0.3) is 5.89 Å². The quantitative estimate of drug-likeness (QED) is 0.356. The van der Waals surface area contributed by atoms with E-state index in [2.05, 4.69) is 10.5 Å². The van der Waals surface area contributed by atoms with Crippen molar-refractivity contribution in [3.63, 3.8) is 0 Å². The van der Waals surface area contributed by atoms with Crippen LogP contribution in [-0.4, -0.2) is 29.9 Å². The molecule has 36 heavy (non-hydrogen) atoms. The number of anilines is 1. The summed E-state index contributed by atoms with van der Waals surface area (Å²) in [5.74, 6) is 2.20. The first-order chi connectivity index (χ1) is 17.6. The van der Waals surface area contributed by atoms with Gasteiger partial charge in [-0.25, -0.2) is 4.79 Å². The van der Waals surface area contributed by atoms with E-state index in [0.29, 0.717) is 41.0 Å². The van der Waals surface area contributed by atoms with E-state index in [0.717, 1.165) is 16.9 Å². The van der Waals surface area contributed by atoms with E-state index in [1.165, 1.54) is 0 Å². The molecule has 1 aromatic heterocycles. The number of nitrogens with one attached hydrogen (secondary N) is 1. The van der Waals surface area contributed by atoms with Crippen LogP contribution < -0.4 is 19.7 Å². The largest absolute Gasteiger partial charge is 0.497 e. The predicted octanol–water partition coefficient (Wildman–Crippen LogP) is 5.85. The van der Waals surface area contributed by atoms with Crippen molar-refractivity contribution in [3.8, 4) is 22.9 Å². The van der Waals surface area contributed by atoms with Gasteiger partial charge in [-0.3, -0.25) is 4.90 Å². The zero-order valence-electron chi connectivity index (χ0n) is 20.3. The average Bonchev–Trinajstić information content (AvgIpc) is 3.39. The highest BCUT2D eigenvalue weighted by Crippen LogP contribution is 2.39. The van der Waals surface area contributed by atoms with Crippen molar-refractivity contribution < 1.29 is 18.8 Å². The first-order valence-corrected chi connectivity index (χ1v) is 11.7. The van der Waals surface area contributed by atoms with Crippen molar-refractivity contribution in [1.82, 2.24) is 15.5 Å². The van der Waals surface area contributed by atoms with Crippen LogP contribution in [0.3, 0.4) is 0 Å². The molecule has 1 N–H and O–H groups in total. The first-order valence-electron chi connectivity index (χ1n) is 11.7. The van der Waals surface area contributed by atoms with Gasteiger partial charge in [-0.15, -0.1) is 0 Å². The second-order valence-electron chi connectivity index (χ2n) is 8.21. The number of nitrogens with zero attached hydrogens (tertiary/aromatic N) is 3. The summed E-state index contributed by atoms with van der Waals surface area (Å²) in [5.41, 5.74) is 3.77. The van der Waals surface area contributed by atoms with E-state index in [1.54, 1.807) is 12.0 Å². The van der Waals surface area contributed by atoms with E-state index in [4.69, 9.17) is 19.0 Å². The Hall–Kier alpha value is -4.59. The van der Waals surface area contributed by atoms with E-state index in [9.17, 15) is 4.79 Å². The molecule has 2 amide bonds. The summed E-state index contributed by atoms with van der Waals surface area (Å²) < 4.78 is 16.7. The summed E-state index contributed by atoms with van der Waals surface area (Å²) in [5, 5.41) is 7.34. The average molecular weight is 483 g/mol. The molecule has 1 unspecified atom stereocenters. The molecular weight excluding hydrogens is 456 g/mol. The van der Waals surface area contributed by atoms with Crippen molar-refractivity contribution in [3.05, 3.63) is 96.0 Å². The van der Waals surface area contributed by atoms with Gasteiger partial charge in [0.2, 0.25) is 5.82 Å². The number of carbonyl (C=O) groups is 1. The van der Waals surface area contributed by atoms with Crippen LogP contribution >= 0.6 is 0 Å². The Kier molecular flexibility index (Phi) is 6.40. The van der Waals surface area contributed by atoms with E-state index < -0.39 is 6.04 Å². The van der Waals surface area contributed by atoms with Crippen LogP contribution in [0.4, 0.5) is 10.5 Å². The van der Waals surface area contributed by atoms with E-state index >= 15 is 0 Å². The van der Waals surface area contributed by atoms with Crippen molar-refractivity contribution in [1.29, 1.82) is 0 Å². The number of ether oxygens (including phenoxy) is 2. The molecule has 8 heteroatoms. The number of methoxy groups -OCH3 is 1. The van der Waals surface area contributed by atoms with Crippen LogP contribution in [-0.2, 0) is 0 Å². The molecule has 0 saturated carbocycles. The zero-order chi connectivity index (χ0) is 25.1. The van der Waals surface area contributed by atoms with Gasteiger partial charge in [-0.2, -0.15) is 4.98 Å². The minimum atomic E-state index is -0.464. The molecule has 182 valence electrons. The number of allylic oxidation sites excluding steroid dienone is 1. The van der Waals surface area contributed by atoms with Gasteiger partial charge in [0.1, 0.15) is 11.5 Å². The molecule has 8 nitrogen and oxygen atoms in total. The third kappa shape index (κ3) is 4.40. The first kappa shape index (κ1) is 23.2. The normalized spacial score (nSPS) is 15.6. The maximum absolute atomic E-state index is 13.3. The molecule has 1 atom stereocenters. The Bertz CT molecular complexity index is 1400. The Morgan fingerprint density at radius 3 is 2.50 bits per heavy atom. The smallest absolute Gasteiger partial charge is 0.327 e. The molecule has 3 aromatic carbocycles. The van der Waals surface area contributed by atoms with Crippen LogP contribution in [0.2, 0.25) is 0 Å². The van der Waals surface area contributed by atoms with Crippen molar-refractivity contribution >= 4 is 17.3 Å². The zero-order valence-corrected chi connectivity index (χ0v) is 20.3. The lowest BCUT2D eigenvalue weighted by Crippen LogP contribution is -2.46. The number of urea groups is 1. The number of rotatable bonds is 7. The molecule has 1 aliphatic rings. The predicted molar refractivity (Wildman–Crippen MR) is 137 cm³/mol. The number of aromatic nitrogens is 2. The van der Waals surface area contributed by atoms with Crippen LogP contribution in [0.1, 0.15) is 31.3 Å². The standard InChI is InChI=1S/C28H26N4O4/c1-4-35-22-15-13-20(14-16-22)26-30-27(36-31-26)24-18(2)32(21-11-8-12-23(17-21)34-3)28(33)29-25(24)19-9-6-5-7-10-19/h5-17,25H,4H2,1-3H3,(H,29,33). The van der Waals surface area contributed by atoms with Gasteiger partial charge in [-0.1, -0.05) is 41.6 Å². The SMILES string of the molecule is CCOc1ccc(-c2noc(C3=C(C)N(c4cccc(OC)c4)C(=O)NC3c3ccccc3)n2)cc1. The molecule has 2 heterocycles. The number of benzene rings is 3. The molecule has 0 radical (unpaired) electrons. The van der Waals surface area contributed by atoms with Crippen LogP contribution in [0, 0.1) is 0 Å². The fraction of sp³-hybridized carbons (Fsp3) is 0.179. The van der Waals surface area contributed by atoms with Crippen molar-refractivity contribution in [2.75, 3.05) is 18.6 Å². The van der Waals surface area contributed by atoms with Crippen LogP contribution in [0.5, 0.6) is 11.5 Å². The Balaban J connectivity index is 1.60. The van der Waals surface area contributed by atoms with Gasteiger partial charge in [0.05, 0.1) is 31.0 Å². The van der Waals surface area contributed by atoms with Gasteiger partial charge in [-0.05, 0) is 55.8 Å². The third-order valence-corrected chi connectivity index (χ3v) is 6.01. The maximum Gasteiger partial charge on any atom is 0.327 e. The van der Waals surface area contributed by atoms with Crippen molar-refractivity contribution in [2.45, 2.75) is 19.9 Å². The highest BCUT2D eigenvalue weighted by Gasteiger charge is 2.36. The Labute approximate surface area is 209 Å². The molecule has 0 bridgehead atoms. The number of hydrogen-bond donors (Lipinski definition) is 1. The summed E-state index contributed by atoms with van der Waals surface area (Å²) in [6.07, 6.45) is 0. The molecule has 0 fully saturated rings. The molecular formula is C28H26N4O4. The second kappa shape index (κ2) is 9.95. The Morgan fingerprint density at radius 1 is 1.00 bits per heavy atom. The lowest BCUT2D eigenvalue weighted by atomic mass is 9.94. The second-order valence-corrected chi connectivity index (χ2v) is 8.21. The van der Waals surface area contributed by atoms with Gasteiger partial charge in [0, 0.05) is 17.3 Å². The minimum Gasteiger partial charge on any atom is -0.497 e. The molecule has 0 aliphatic carbocycles. The fourth-order valence-corrected chi connectivity index (χ4v) is 4.29. The van der Waals surface area contributed by atoms with Gasteiger partial charge in [0.15, 0.2) is 0 Å². The molecule has 0 spiro atoms. The number of hydrogen-bond acceptors (Lipinski definition) is 6. The van der Waals surface area contributed by atoms with Gasteiger partial charge < -0.3 is 19.3 Å². The maximum atomic E-state index is 13.3. The lowest BCUT2D eigenvalue weighted by molar-refractivity contribution is 0.244. The number of carbonyl (C=O) groups excluding carboxylic acids is 1. The summed E-state index contributed by atoms with van der Waals surface area (Å²) in [7, 11) is 1.59. The minimum absolute atomic E-state index is 0.260. The topological polar surface area (TPSA) is 89.7 Å². The molecule has 0 saturated heterocycles. The highest BCUT2D eigenvalue weighted by atomic mass is 16.5. The fourth-order valence-electron chi connectivity index (χ4n) is 4.29. The van der Waals surface area contributed by atoms with Crippen LogP contribution in [0.15, 0.2) is 89.1 Å². The summed E-state index contributed by atoms with van der Waals surface area (Å²) in [6.45, 7) is 4.41. The third-order valence-electron chi connectivity index (χ3n) is 6.01. The molecule has 4 aromatic rings. The van der Waals surface area contributed by atoms with Crippen molar-refractivity contribution in [2.24, 2.45) is 0 Å². The number of amides is 2. The van der Waals surface area contributed by atoms with E-state index in [-0.39, 0.29) is 6.03 Å². The molecule has 5 rings (SSSR count). The monoisotopic (exact) mass is 482 g/mol.